The summed E-state index contributed by atoms with van der Waals surface area (Å²) in [7, 11) is 0. The normalized spacial score (nSPS) is 21.9. The van der Waals surface area contributed by atoms with Gasteiger partial charge in [0.25, 0.3) is 5.78 Å². The van der Waals surface area contributed by atoms with Gasteiger partial charge in [0.1, 0.15) is 6.04 Å². The number of nitrogens with zero attached hydrogens (tertiary/aromatic N) is 9. The maximum atomic E-state index is 13.4. The Labute approximate surface area is 230 Å². The number of rotatable bonds is 6. The lowest BCUT2D eigenvalue weighted by atomic mass is 10.00. The Kier molecular flexibility index (Phi) is 6.96. The Balaban J connectivity index is 1.03. The summed E-state index contributed by atoms with van der Waals surface area (Å²) in [5.74, 6) is -3.39. The van der Waals surface area contributed by atoms with Gasteiger partial charge in [-0.1, -0.05) is 0 Å². The van der Waals surface area contributed by atoms with Crippen LogP contribution in [0.25, 0.3) is 17.4 Å². The second-order valence-electron chi connectivity index (χ2n) is 10.6. The van der Waals surface area contributed by atoms with E-state index in [1.54, 1.807) is 21.9 Å². The van der Waals surface area contributed by atoms with Crippen molar-refractivity contribution in [2.24, 2.45) is 0 Å². The third-order valence-corrected chi connectivity index (χ3v) is 8.06. The number of halogens is 5. The van der Waals surface area contributed by atoms with E-state index in [2.05, 4.69) is 25.0 Å². The number of piperazine rings is 1. The summed E-state index contributed by atoms with van der Waals surface area (Å²) >= 11 is 0. The number of piperidine rings is 1. The molecule has 41 heavy (non-hydrogen) atoms. The molecule has 0 aliphatic carbocycles. The first-order valence-electron chi connectivity index (χ1n) is 13.4. The molecule has 3 aliphatic rings. The number of fused-ring (bicyclic) bond motifs is 1. The molecule has 0 unspecified atom stereocenters. The molecular weight excluding hydrogens is 555 g/mol. The highest BCUT2D eigenvalue weighted by atomic mass is 19.4. The van der Waals surface area contributed by atoms with Crippen molar-refractivity contribution in [3.05, 3.63) is 18.4 Å². The number of carbonyl (C=O) groups excluding carboxylic acids is 1. The van der Waals surface area contributed by atoms with E-state index in [1.807, 2.05) is 0 Å². The molecule has 1 amide bonds. The van der Waals surface area contributed by atoms with Crippen LogP contribution in [0.5, 0.6) is 0 Å². The molecule has 3 aromatic heterocycles. The van der Waals surface area contributed by atoms with Crippen molar-refractivity contribution in [2.75, 3.05) is 63.0 Å². The number of nitrogens with two attached hydrogens (primary N) is 1. The van der Waals surface area contributed by atoms with Gasteiger partial charge in [-0.25, -0.2) is 0 Å². The average molecular weight is 585 g/mol. The highest BCUT2D eigenvalue weighted by Crippen LogP contribution is 2.36. The van der Waals surface area contributed by atoms with Gasteiger partial charge in [0.2, 0.25) is 23.6 Å². The Bertz CT molecular complexity index is 1380. The molecule has 17 heteroatoms. The summed E-state index contributed by atoms with van der Waals surface area (Å²) in [6, 6.07) is 3.08. The minimum absolute atomic E-state index is 0.0418. The van der Waals surface area contributed by atoms with Crippen molar-refractivity contribution in [2.45, 2.75) is 43.4 Å². The van der Waals surface area contributed by atoms with Crippen molar-refractivity contribution < 1.29 is 31.2 Å². The van der Waals surface area contributed by atoms with Crippen LogP contribution >= 0.6 is 0 Å². The number of amides is 1. The third kappa shape index (κ3) is 5.27. The summed E-state index contributed by atoms with van der Waals surface area (Å²) in [6.45, 7) is 1.82. The largest absolute Gasteiger partial charge is 0.461 e. The van der Waals surface area contributed by atoms with Crippen LogP contribution in [0, 0.1) is 0 Å². The maximum Gasteiger partial charge on any atom is 0.454 e. The molecule has 3 aromatic rings. The minimum atomic E-state index is -5.55. The summed E-state index contributed by atoms with van der Waals surface area (Å²) in [5, 5.41) is 4.28. The first-order chi connectivity index (χ1) is 19.5. The van der Waals surface area contributed by atoms with Gasteiger partial charge in [-0.05, 0) is 44.5 Å². The molecular formula is C24H29F5N10O2. The van der Waals surface area contributed by atoms with Gasteiger partial charge in [0.15, 0.2) is 5.76 Å². The lowest BCUT2D eigenvalue weighted by Crippen LogP contribution is -2.61. The van der Waals surface area contributed by atoms with Crippen LogP contribution in [0.1, 0.15) is 19.3 Å². The van der Waals surface area contributed by atoms with Crippen LogP contribution < -0.4 is 10.6 Å². The fourth-order valence-corrected chi connectivity index (χ4v) is 5.65. The SMILES string of the molecule is Nc1nc(N2CC[C@H]2C(=O)N2CCN(C3CCN(CC(F)(F)C(F)(F)F)CC3)CC2)nc2nc(-c3ccco3)nn12. The van der Waals surface area contributed by atoms with Gasteiger partial charge in [0, 0.05) is 38.8 Å². The topological polar surface area (TPSA) is 125 Å². The predicted octanol–water partition coefficient (Wildman–Crippen LogP) is 1.75. The molecule has 3 saturated heterocycles. The molecule has 0 aromatic carbocycles. The molecule has 0 radical (unpaired) electrons. The van der Waals surface area contributed by atoms with Crippen molar-refractivity contribution in [1.29, 1.82) is 0 Å². The summed E-state index contributed by atoms with van der Waals surface area (Å²) in [4.78, 5) is 33.5. The first kappa shape index (κ1) is 27.6. The van der Waals surface area contributed by atoms with E-state index in [4.69, 9.17) is 10.2 Å². The Morgan fingerprint density at radius 1 is 0.976 bits per heavy atom. The quantitative estimate of drug-likeness (QED) is 0.429. The number of carbonyl (C=O) groups is 1. The van der Waals surface area contributed by atoms with E-state index in [0.29, 0.717) is 69.5 Å². The zero-order chi connectivity index (χ0) is 28.9. The van der Waals surface area contributed by atoms with Crippen molar-refractivity contribution in [3.63, 3.8) is 0 Å². The third-order valence-electron chi connectivity index (χ3n) is 8.06. The van der Waals surface area contributed by atoms with E-state index in [0.717, 1.165) is 0 Å². The van der Waals surface area contributed by atoms with Crippen molar-refractivity contribution >= 4 is 23.6 Å². The lowest BCUT2D eigenvalue weighted by Gasteiger charge is -2.46. The molecule has 1 atom stereocenters. The van der Waals surface area contributed by atoms with Gasteiger partial charge in [-0.15, -0.1) is 5.10 Å². The van der Waals surface area contributed by atoms with Crippen LogP contribution in [-0.4, -0.2) is 122 Å². The molecule has 0 saturated carbocycles. The number of anilines is 2. The highest BCUT2D eigenvalue weighted by molar-refractivity contribution is 5.86. The maximum absolute atomic E-state index is 13.4. The van der Waals surface area contributed by atoms with E-state index >= 15 is 0 Å². The molecule has 6 heterocycles. The van der Waals surface area contributed by atoms with Crippen LogP contribution in [0.3, 0.4) is 0 Å². The van der Waals surface area contributed by atoms with E-state index in [1.165, 1.54) is 15.7 Å². The number of hydrogen-bond acceptors (Lipinski definition) is 10. The van der Waals surface area contributed by atoms with Crippen LogP contribution in [0.4, 0.5) is 33.8 Å². The Hall–Kier alpha value is -3.60. The molecule has 3 aliphatic heterocycles. The van der Waals surface area contributed by atoms with Gasteiger partial charge in [0.05, 0.1) is 12.8 Å². The number of furan rings is 1. The standard InChI is InChI=1S/C24H29F5N10O2/c25-23(26,24(27,28)29)14-35-6-3-15(4-7-35)36-9-11-37(12-10-36)19(40)16-5-8-38(16)21-32-20(30)39-22(33-21)31-18(34-39)17-2-1-13-41-17/h1-2,13,15-16H,3-12,14H2,(H2,30,31,32,33,34)/t16-/m0/s1. The van der Waals surface area contributed by atoms with E-state index in [9.17, 15) is 26.7 Å². The van der Waals surface area contributed by atoms with E-state index < -0.39 is 24.7 Å². The zero-order valence-corrected chi connectivity index (χ0v) is 22.0. The number of likely N-dealkylation sites (tertiary alicyclic amines) is 1. The summed E-state index contributed by atoms with van der Waals surface area (Å²) in [5.41, 5.74) is 6.11. The van der Waals surface area contributed by atoms with Crippen molar-refractivity contribution in [1.82, 2.24) is 39.3 Å². The van der Waals surface area contributed by atoms with Gasteiger partial charge < -0.3 is 20.0 Å². The molecule has 2 N–H and O–H groups in total. The predicted molar refractivity (Wildman–Crippen MR) is 135 cm³/mol. The fraction of sp³-hybridized carbons (Fsp3) is 0.625. The second kappa shape index (κ2) is 10.3. The molecule has 0 bridgehead atoms. The van der Waals surface area contributed by atoms with Gasteiger partial charge >= 0.3 is 12.1 Å². The highest BCUT2D eigenvalue weighted by Gasteiger charge is 2.58. The molecule has 12 nitrogen and oxygen atoms in total. The Morgan fingerprint density at radius 3 is 2.32 bits per heavy atom. The van der Waals surface area contributed by atoms with Crippen molar-refractivity contribution in [3.8, 4) is 11.6 Å². The Morgan fingerprint density at radius 2 is 1.71 bits per heavy atom. The first-order valence-corrected chi connectivity index (χ1v) is 13.4. The monoisotopic (exact) mass is 584 g/mol. The van der Waals surface area contributed by atoms with E-state index in [-0.39, 0.29) is 36.8 Å². The molecule has 6 rings (SSSR count). The van der Waals surface area contributed by atoms with Crippen LogP contribution in [-0.2, 0) is 4.79 Å². The fourth-order valence-electron chi connectivity index (χ4n) is 5.65. The van der Waals surface area contributed by atoms with Crippen LogP contribution in [0.2, 0.25) is 0 Å². The number of nitrogen functional groups attached to an aromatic ring is 1. The average Bonchev–Trinajstić information content (AvgIpc) is 3.58. The van der Waals surface area contributed by atoms with Gasteiger partial charge in [-0.2, -0.15) is 41.4 Å². The van der Waals surface area contributed by atoms with Crippen LogP contribution in [0.15, 0.2) is 22.8 Å². The zero-order valence-electron chi connectivity index (χ0n) is 22.0. The molecule has 0 spiro atoms. The number of alkyl halides is 5. The second-order valence-corrected chi connectivity index (χ2v) is 10.6. The number of aromatic nitrogens is 5. The molecule has 3 fully saturated rings. The smallest absolute Gasteiger partial charge is 0.454 e. The lowest BCUT2D eigenvalue weighted by molar-refractivity contribution is -0.287. The minimum Gasteiger partial charge on any atom is -0.461 e. The van der Waals surface area contributed by atoms with Gasteiger partial charge in [-0.3, -0.25) is 14.6 Å². The molecule has 222 valence electrons. The summed E-state index contributed by atoms with van der Waals surface area (Å²) in [6.07, 6.45) is -2.40. The summed E-state index contributed by atoms with van der Waals surface area (Å²) < 4.78 is 71.1. The number of hydrogen-bond donors (Lipinski definition) is 1.